The number of imide groups is 1. The number of likely N-dealkylation sites (tertiary alicyclic amines) is 1. The van der Waals surface area contributed by atoms with Gasteiger partial charge in [0.1, 0.15) is 0 Å². The fourth-order valence-corrected chi connectivity index (χ4v) is 3.74. The van der Waals surface area contributed by atoms with Crippen LogP contribution in [0.1, 0.15) is 50.3 Å². The van der Waals surface area contributed by atoms with Crippen LogP contribution in [0.5, 0.6) is 0 Å². The molecule has 1 heterocycles. The second-order valence-corrected chi connectivity index (χ2v) is 7.12. The number of fused-ring (bicyclic) bond motifs is 1. The predicted molar refractivity (Wildman–Crippen MR) is 99.1 cm³/mol. The van der Waals surface area contributed by atoms with Crippen LogP contribution in [-0.4, -0.2) is 29.2 Å². The van der Waals surface area contributed by atoms with Gasteiger partial charge >= 0.3 is 0 Å². The number of hydrogen-bond donors (Lipinski definition) is 1. The van der Waals surface area contributed by atoms with Gasteiger partial charge in [-0.1, -0.05) is 43.3 Å². The van der Waals surface area contributed by atoms with Crippen LogP contribution in [0.2, 0.25) is 0 Å². The predicted octanol–water partition coefficient (Wildman–Crippen LogP) is 2.77. The van der Waals surface area contributed by atoms with E-state index in [1.165, 1.54) is 10.5 Å². The normalized spacial score (nSPS) is 23.1. The minimum Gasteiger partial charge on any atom is -0.350 e. The Morgan fingerprint density at radius 2 is 1.69 bits per heavy atom. The number of carbonyl (C=O) groups excluding carboxylic acids is 3. The van der Waals surface area contributed by atoms with Crippen molar-refractivity contribution in [3.8, 4) is 0 Å². The van der Waals surface area contributed by atoms with E-state index >= 15 is 0 Å². The molecule has 0 saturated carbocycles. The third kappa shape index (κ3) is 3.71. The smallest absolute Gasteiger partial charge is 0.233 e. The molecule has 3 amide bonds. The maximum absolute atomic E-state index is 12.4. The fourth-order valence-electron chi connectivity index (χ4n) is 3.74. The van der Waals surface area contributed by atoms with Gasteiger partial charge in [0.05, 0.1) is 17.9 Å². The molecule has 5 heteroatoms. The first-order valence-corrected chi connectivity index (χ1v) is 9.39. The molecular formula is C21H26N2O3. The minimum atomic E-state index is -0.230. The summed E-state index contributed by atoms with van der Waals surface area (Å²) < 4.78 is 0. The van der Waals surface area contributed by atoms with Crippen molar-refractivity contribution in [2.45, 2.75) is 45.6 Å². The molecule has 1 fully saturated rings. The van der Waals surface area contributed by atoms with Gasteiger partial charge in [-0.2, -0.15) is 0 Å². The number of benzene rings is 1. The molecule has 1 saturated heterocycles. The summed E-state index contributed by atoms with van der Waals surface area (Å²) >= 11 is 0. The van der Waals surface area contributed by atoms with Crippen LogP contribution in [0.25, 0.3) is 0 Å². The van der Waals surface area contributed by atoms with Crippen LogP contribution in [0.15, 0.2) is 36.4 Å². The Morgan fingerprint density at radius 3 is 2.23 bits per heavy atom. The zero-order chi connectivity index (χ0) is 18.7. The average molecular weight is 354 g/mol. The van der Waals surface area contributed by atoms with Crippen LogP contribution in [0.4, 0.5) is 0 Å². The molecule has 2 aliphatic rings. The highest BCUT2D eigenvalue weighted by Crippen LogP contribution is 2.35. The molecule has 0 spiro atoms. The van der Waals surface area contributed by atoms with Gasteiger partial charge in [0.25, 0.3) is 0 Å². The van der Waals surface area contributed by atoms with Gasteiger partial charge in [-0.15, -0.1) is 0 Å². The summed E-state index contributed by atoms with van der Waals surface area (Å²) in [5.41, 5.74) is 2.30. The minimum absolute atomic E-state index is 0.106. The van der Waals surface area contributed by atoms with Crippen LogP contribution in [0.3, 0.4) is 0 Å². The van der Waals surface area contributed by atoms with Gasteiger partial charge in [-0.25, -0.2) is 0 Å². The molecular weight excluding hydrogens is 328 g/mol. The highest BCUT2D eigenvalue weighted by atomic mass is 16.2. The molecule has 0 unspecified atom stereocenters. The van der Waals surface area contributed by atoms with E-state index in [4.69, 9.17) is 0 Å². The Hall–Kier alpha value is -2.43. The number of allylic oxidation sites excluding steroid dienone is 2. The third-order valence-corrected chi connectivity index (χ3v) is 5.43. The molecule has 1 N–H and O–H groups in total. The molecule has 1 aromatic carbocycles. The number of nitrogens with zero attached hydrogens (tertiary/aromatic N) is 1. The first-order chi connectivity index (χ1) is 12.5. The maximum Gasteiger partial charge on any atom is 0.233 e. The van der Waals surface area contributed by atoms with Crippen molar-refractivity contribution >= 4 is 17.7 Å². The standard InChI is InChI=1S/C21H26N2O3/c1-3-15-8-10-16(11-9-15)14(2)22-19(24)12-13-23-20(25)17-6-4-5-7-18(17)21(23)26/h4-5,8-11,14,17-18H,3,6-7,12-13H2,1-2H3,(H,22,24)/t14-,17-,18+/m0/s1. The second-order valence-electron chi connectivity index (χ2n) is 7.12. The lowest BCUT2D eigenvalue weighted by molar-refractivity contribution is -0.140. The molecule has 138 valence electrons. The first-order valence-electron chi connectivity index (χ1n) is 9.39. The summed E-state index contributed by atoms with van der Waals surface area (Å²) in [7, 11) is 0. The summed E-state index contributed by atoms with van der Waals surface area (Å²) in [6.45, 7) is 4.20. The van der Waals surface area contributed by atoms with Crippen molar-refractivity contribution in [3.05, 3.63) is 47.5 Å². The zero-order valence-electron chi connectivity index (χ0n) is 15.4. The van der Waals surface area contributed by atoms with Crippen molar-refractivity contribution in [1.29, 1.82) is 0 Å². The molecule has 0 aromatic heterocycles. The summed E-state index contributed by atoms with van der Waals surface area (Å²) in [5, 5.41) is 2.95. The molecule has 3 rings (SSSR count). The molecule has 1 aliphatic heterocycles. The molecule has 3 atom stereocenters. The highest BCUT2D eigenvalue weighted by Gasteiger charge is 2.46. The fraction of sp³-hybridized carbons (Fsp3) is 0.476. The number of nitrogens with one attached hydrogen (secondary N) is 1. The molecule has 26 heavy (non-hydrogen) atoms. The lowest BCUT2D eigenvalue weighted by Gasteiger charge is -2.17. The van der Waals surface area contributed by atoms with E-state index in [1.807, 2.05) is 31.2 Å². The lowest BCUT2D eigenvalue weighted by atomic mass is 9.85. The third-order valence-electron chi connectivity index (χ3n) is 5.43. The second kappa shape index (κ2) is 7.85. The number of carbonyl (C=O) groups is 3. The Morgan fingerprint density at radius 1 is 1.12 bits per heavy atom. The molecule has 5 nitrogen and oxygen atoms in total. The van der Waals surface area contributed by atoms with E-state index in [0.29, 0.717) is 12.8 Å². The van der Waals surface area contributed by atoms with Crippen molar-refractivity contribution < 1.29 is 14.4 Å². The van der Waals surface area contributed by atoms with Gasteiger partial charge in [-0.05, 0) is 37.3 Å². The van der Waals surface area contributed by atoms with Crippen molar-refractivity contribution in [2.75, 3.05) is 6.54 Å². The maximum atomic E-state index is 12.4. The van der Waals surface area contributed by atoms with Crippen molar-refractivity contribution in [3.63, 3.8) is 0 Å². The Bertz CT molecular complexity index is 697. The molecule has 1 aromatic rings. The Kier molecular flexibility index (Phi) is 5.55. The SMILES string of the molecule is CCc1ccc([C@H](C)NC(=O)CCN2C(=O)[C@H]3CC=CC[C@H]3C2=O)cc1. The number of hydrogen-bond acceptors (Lipinski definition) is 3. The van der Waals surface area contributed by atoms with E-state index < -0.39 is 0 Å². The van der Waals surface area contributed by atoms with Crippen LogP contribution in [-0.2, 0) is 20.8 Å². The zero-order valence-corrected chi connectivity index (χ0v) is 15.4. The van der Waals surface area contributed by atoms with Crippen LogP contribution < -0.4 is 5.32 Å². The van der Waals surface area contributed by atoms with E-state index in [-0.39, 0.29) is 48.6 Å². The highest BCUT2D eigenvalue weighted by molar-refractivity contribution is 6.05. The number of aryl methyl sites for hydroxylation is 1. The van der Waals surface area contributed by atoms with Gasteiger partial charge in [0.2, 0.25) is 17.7 Å². The van der Waals surface area contributed by atoms with Gasteiger partial charge in [0, 0.05) is 13.0 Å². The van der Waals surface area contributed by atoms with Gasteiger partial charge in [-0.3, -0.25) is 19.3 Å². The topological polar surface area (TPSA) is 66.5 Å². The molecule has 1 aliphatic carbocycles. The lowest BCUT2D eigenvalue weighted by Crippen LogP contribution is -2.36. The van der Waals surface area contributed by atoms with Crippen LogP contribution in [0, 0.1) is 11.8 Å². The quantitative estimate of drug-likeness (QED) is 0.631. The van der Waals surface area contributed by atoms with E-state index in [2.05, 4.69) is 24.4 Å². The summed E-state index contributed by atoms with van der Waals surface area (Å²) in [5.74, 6) is -0.857. The van der Waals surface area contributed by atoms with Gasteiger partial charge < -0.3 is 5.32 Å². The summed E-state index contributed by atoms with van der Waals surface area (Å²) in [6, 6.07) is 8.07. The van der Waals surface area contributed by atoms with E-state index in [0.717, 1.165) is 12.0 Å². The molecule has 0 radical (unpaired) electrons. The van der Waals surface area contributed by atoms with Gasteiger partial charge in [0.15, 0.2) is 0 Å². The number of amides is 3. The van der Waals surface area contributed by atoms with E-state index in [9.17, 15) is 14.4 Å². The average Bonchev–Trinajstić information content (AvgIpc) is 2.91. The number of rotatable bonds is 6. The van der Waals surface area contributed by atoms with Crippen molar-refractivity contribution in [2.24, 2.45) is 11.8 Å². The largest absolute Gasteiger partial charge is 0.350 e. The van der Waals surface area contributed by atoms with Crippen LogP contribution >= 0.6 is 0 Å². The monoisotopic (exact) mass is 354 g/mol. The van der Waals surface area contributed by atoms with Crippen molar-refractivity contribution in [1.82, 2.24) is 10.2 Å². The first kappa shape index (κ1) is 18.4. The van der Waals surface area contributed by atoms with E-state index in [1.54, 1.807) is 0 Å². The summed E-state index contributed by atoms with van der Waals surface area (Å²) in [4.78, 5) is 38.4. The Labute approximate surface area is 154 Å². The Balaban J connectivity index is 1.52. The summed E-state index contributed by atoms with van der Waals surface area (Å²) in [6.07, 6.45) is 6.31. The molecule has 0 bridgehead atoms.